The van der Waals surface area contributed by atoms with Crippen molar-refractivity contribution in [3.8, 4) is 11.5 Å². The van der Waals surface area contributed by atoms with Crippen molar-refractivity contribution in [2.24, 2.45) is 7.05 Å². The molecule has 0 spiro atoms. The van der Waals surface area contributed by atoms with Gasteiger partial charge < -0.3 is 14.8 Å². The van der Waals surface area contributed by atoms with E-state index in [1.165, 1.54) is 11.7 Å². The van der Waals surface area contributed by atoms with Gasteiger partial charge in [0.1, 0.15) is 0 Å². The first-order valence-electron chi connectivity index (χ1n) is 8.50. The molecule has 0 aliphatic carbocycles. The topological polar surface area (TPSA) is 82.5 Å². The van der Waals surface area contributed by atoms with E-state index in [1.54, 1.807) is 38.5 Å². The van der Waals surface area contributed by atoms with Crippen molar-refractivity contribution in [3.63, 3.8) is 0 Å². The van der Waals surface area contributed by atoms with Gasteiger partial charge in [-0.25, -0.2) is 4.68 Å². The Balaban J connectivity index is 1.75. The Labute approximate surface area is 156 Å². The number of carbonyl (C=O) groups excluding carboxylic acids is 1. The van der Waals surface area contributed by atoms with Crippen molar-refractivity contribution in [1.82, 2.24) is 15.1 Å². The second kappa shape index (κ2) is 7.90. The number of hydrogen-bond acceptors (Lipinski definition) is 5. The van der Waals surface area contributed by atoms with E-state index in [2.05, 4.69) is 10.4 Å². The number of rotatable bonds is 6. The summed E-state index contributed by atoms with van der Waals surface area (Å²) < 4.78 is 11.7. The molecule has 1 aromatic heterocycles. The third-order valence-electron chi connectivity index (χ3n) is 4.32. The normalized spacial score (nSPS) is 10.6. The molecule has 0 saturated heterocycles. The number of aryl methyl sites for hydroxylation is 1. The van der Waals surface area contributed by atoms with Crippen LogP contribution in [0.25, 0.3) is 10.8 Å². The fourth-order valence-electron chi connectivity index (χ4n) is 2.91. The molecule has 0 saturated carbocycles. The van der Waals surface area contributed by atoms with Crippen LogP contribution in [0.4, 0.5) is 0 Å². The molecule has 3 aromatic rings. The Morgan fingerprint density at radius 3 is 2.48 bits per heavy atom. The summed E-state index contributed by atoms with van der Waals surface area (Å²) in [5.41, 5.74) is 1.01. The standard InChI is InChI=1S/C20H21N3O4/c1-23-20(25)15-7-5-4-6-14(15)18(22-23)19(24)21-11-10-13-8-9-16(26-2)17(12-13)27-3/h4-9,12H,10-11H2,1-3H3,(H,21,24). The summed E-state index contributed by atoms with van der Waals surface area (Å²) in [5, 5.41) is 8.01. The average molecular weight is 367 g/mol. The molecule has 7 heteroatoms. The molecule has 3 rings (SSSR count). The molecule has 0 unspecified atom stereocenters. The number of aromatic nitrogens is 2. The highest BCUT2D eigenvalue weighted by atomic mass is 16.5. The summed E-state index contributed by atoms with van der Waals surface area (Å²) in [5.74, 6) is 0.987. The Bertz CT molecular complexity index is 1040. The second-order valence-corrected chi connectivity index (χ2v) is 6.02. The Morgan fingerprint density at radius 1 is 1.07 bits per heavy atom. The van der Waals surface area contributed by atoms with Crippen LogP contribution in [0.15, 0.2) is 47.3 Å². The molecular weight excluding hydrogens is 346 g/mol. The van der Waals surface area contributed by atoms with Crippen LogP contribution in [0, 0.1) is 0 Å². The van der Waals surface area contributed by atoms with E-state index in [4.69, 9.17) is 9.47 Å². The predicted molar refractivity (Wildman–Crippen MR) is 103 cm³/mol. The molecule has 0 aliphatic rings. The highest BCUT2D eigenvalue weighted by molar-refractivity contribution is 6.04. The van der Waals surface area contributed by atoms with E-state index in [1.807, 2.05) is 18.2 Å². The molecule has 0 bridgehead atoms. The van der Waals surface area contributed by atoms with Crippen molar-refractivity contribution < 1.29 is 14.3 Å². The Hall–Kier alpha value is -3.35. The molecule has 1 heterocycles. The molecular formula is C20H21N3O4. The maximum atomic E-state index is 12.6. The third kappa shape index (κ3) is 3.76. The summed E-state index contributed by atoms with van der Waals surface area (Å²) in [6.45, 7) is 0.424. The summed E-state index contributed by atoms with van der Waals surface area (Å²) >= 11 is 0. The first kappa shape index (κ1) is 18.4. The second-order valence-electron chi connectivity index (χ2n) is 6.02. The van der Waals surface area contributed by atoms with Gasteiger partial charge in [-0.3, -0.25) is 9.59 Å². The lowest BCUT2D eigenvalue weighted by molar-refractivity contribution is 0.0949. The van der Waals surface area contributed by atoms with Gasteiger partial charge in [0.2, 0.25) is 0 Å². The summed E-state index contributed by atoms with van der Waals surface area (Å²) in [6, 6.07) is 12.6. The number of ether oxygens (including phenoxy) is 2. The van der Waals surface area contributed by atoms with Crippen LogP contribution in [0.2, 0.25) is 0 Å². The van der Waals surface area contributed by atoms with E-state index in [-0.39, 0.29) is 17.2 Å². The molecule has 27 heavy (non-hydrogen) atoms. The molecule has 7 nitrogen and oxygen atoms in total. The number of fused-ring (bicyclic) bond motifs is 1. The SMILES string of the molecule is COc1ccc(CCNC(=O)c2nn(C)c(=O)c3ccccc23)cc1OC. The zero-order chi connectivity index (χ0) is 19.4. The van der Waals surface area contributed by atoms with Crippen LogP contribution in [-0.4, -0.2) is 36.5 Å². The maximum Gasteiger partial charge on any atom is 0.274 e. The van der Waals surface area contributed by atoms with Crippen LogP contribution < -0.4 is 20.3 Å². The van der Waals surface area contributed by atoms with E-state index < -0.39 is 0 Å². The quantitative estimate of drug-likeness (QED) is 0.720. The maximum absolute atomic E-state index is 12.6. The van der Waals surface area contributed by atoms with Crippen LogP contribution >= 0.6 is 0 Å². The minimum absolute atomic E-state index is 0.229. The lowest BCUT2D eigenvalue weighted by atomic mass is 10.1. The predicted octanol–water partition coefficient (Wildman–Crippen LogP) is 1.92. The number of carbonyl (C=O) groups is 1. The van der Waals surface area contributed by atoms with Crippen molar-refractivity contribution in [3.05, 3.63) is 64.1 Å². The number of methoxy groups -OCH3 is 2. The van der Waals surface area contributed by atoms with Crippen molar-refractivity contribution in [2.75, 3.05) is 20.8 Å². The van der Waals surface area contributed by atoms with Gasteiger partial charge in [0.25, 0.3) is 11.5 Å². The van der Waals surface area contributed by atoms with E-state index in [9.17, 15) is 9.59 Å². The lowest BCUT2D eigenvalue weighted by Gasteiger charge is -2.11. The minimum atomic E-state index is -0.317. The van der Waals surface area contributed by atoms with Gasteiger partial charge in [-0.15, -0.1) is 0 Å². The number of amides is 1. The summed E-state index contributed by atoms with van der Waals surface area (Å²) in [7, 11) is 4.71. The zero-order valence-electron chi connectivity index (χ0n) is 15.5. The number of benzene rings is 2. The zero-order valence-corrected chi connectivity index (χ0v) is 15.5. The smallest absolute Gasteiger partial charge is 0.274 e. The van der Waals surface area contributed by atoms with Gasteiger partial charge in [0.05, 0.1) is 19.6 Å². The highest BCUT2D eigenvalue weighted by Crippen LogP contribution is 2.27. The molecule has 0 atom stereocenters. The minimum Gasteiger partial charge on any atom is -0.493 e. The molecule has 1 N–H and O–H groups in total. The number of nitrogens with zero attached hydrogens (tertiary/aromatic N) is 2. The van der Waals surface area contributed by atoms with Gasteiger partial charge >= 0.3 is 0 Å². The molecule has 0 fully saturated rings. The van der Waals surface area contributed by atoms with E-state index >= 15 is 0 Å². The van der Waals surface area contributed by atoms with E-state index in [0.29, 0.717) is 35.2 Å². The molecule has 2 aromatic carbocycles. The first-order valence-corrected chi connectivity index (χ1v) is 8.50. The largest absolute Gasteiger partial charge is 0.493 e. The van der Waals surface area contributed by atoms with Gasteiger partial charge in [0, 0.05) is 19.0 Å². The lowest BCUT2D eigenvalue weighted by Crippen LogP contribution is -2.30. The van der Waals surface area contributed by atoms with Gasteiger partial charge in [-0.2, -0.15) is 5.10 Å². The van der Waals surface area contributed by atoms with Crippen molar-refractivity contribution in [2.45, 2.75) is 6.42 Å². The fourth-order valence-corrected chi connectivity index (χ4v) is 2.91. The van der Waals surface area contributed by atoms with Crippen molar-refractivity contribution >= 4 is 16.7 Å². The number of hydrogen-bond donors (Lipinski definition) is 1. The summed E-state index contributed by atoms with van der Waals surface area (Å²) in [6.07, 6.45) is 0.621. The molecule has 0 radical (unpaired) electrons. The van der Waals surface area contributed by atoms with Crippen molar-refractivity contribution in [1.29, 1.82) is 0 Å². The van der Waals surface area contributed by atoms with Crippen LogP contribution in [0.5, 0.6) is 11.5 Å². The first-order chi connectivity index (χ1) is 13.0. The third-order valence-corrected chi connectivity index (χ3v) is 4.32. The monoisotopic (exact) mass is 367 g/mol. The van der Waals surface area contributed by atoms with Gasteiger partial charge in [-0.1, -0.05) is 24.3 Å². The van der Waals surface area contributed by atoms with Gasteiger partial charge in [-0.05, 0) is 30.2 Å². The van der Waals surface area contributed by atoms with E-state index in [0.717, 1.165) is 5.56 Å². The molecule has 0 aliphatic heterocycles. The Morgan fingerprint density at radius 2 is 1.78 bits per heavy atom. The molecule has 1 amide bonds. The van der Waals surface area contributed by atoms with Gasteiger partial charge in [0.15, 0.2) is 17.2 Å². The molecule has 140 valence electrons. The van der Waals surface area contributed by atoms with Crippen LogP contribution in [0.3, 0.4) is 0 Å². The average Bonchev–Trinajstić information content (AvgIpc) is 2.70. The number of nitrogens with one attached hydrogen (secondary N) is 1. The highest BCUT2D eigenvalue weighted by Gasteiger charge is 2.15. The summed E-state index contributed by atoms with van der Waals surface area (Å²) in [4.78, 5) is 24.8. The van der Waals surface area contributed by atoms with Crippen LogP contribution in [0.1, 0.15) is 16.1 Å². The van der Waals surface area contributed by atoms with Crippen LogP contribution in [-0.2, 0) is 13.5 Å². The Kier molecular flexibility index (Phi) is 5.40. The fraction of sp³-hybridized carbons (Fsp3) is 0.250.